The van der Waals surface area contributed by atoms with Gasteiger partial charge in [-0.1, -0.05) is 25.5 Å². The molecule has 2 aromatic heterocycles. The van der Waals surface area contributed by atoms with E-state index < -0.39 is 31.0 Å². The molecule has 0 spiro atoms. The number of benzene rings is 1. The molecule has 11 heteroatoms. The molecule has 0 bridgehead atoms. The van der Waals surface area contributed by atoms with E-state index in [4.69, 9.17) is 0 Å². The highest BCUT2D eigenvalue weighted by atomic mass is 32.1. The van der Waals surface area contributed by atoms with Crippen molar-refractivity contribution in [3.63, 3.8) is 0 Å². The van der Waals surface area contributed by atoms with Crippen molar-refractivity contribution in [1.29, 1.82) is 0 Å². The Labute approximate surface area is 186 Å². The molecule has 0 amide bonds. The molecule has 1 aliphatic carbocycles. The summed E-state index contributed by atoms with van der Waals surface area (Å²) >= 11 is 1.42. The molecule has 4 atom stereocenters. The normalized spacial score (nSPS) is 23.6. The highest BCUT2D eigenvalue weighted by molar-refractivity contribution is 7.21. The second-order valence-corrected chi connectivity index (χ2v) is 8.98. The van der Waals surface area contributed by atoms with Crippen LogP contribution in [0.25, 0.3) is 20.8 Å². The van der Waals surface area contributed by atoms with Gasteiger partial charge in [0.1, 0.15) is 23.5 Å². The van der Waals surface area contributed by atoms with Crippen molar-refractivity contribution in [1.82, 2.24) is 15.0 Å². The van der Waals surface area contributed by atoms with Gasteiger partial charge in [-0.25, -0.2) is 9.97 Å². The van der Waals surface area contributed by atoms with Crippen molar-refractivity contribution in [2.75, 3.05) is 17.2 Å². The summed E-state index contributed by atoms with van der Waals surface area (Å²) < 4.78 is 39.1. The number of para-hydroxylation sites is 1. The fourth-order valence-corrected chi connectivity index (χ4v) is 5.08. The fourth-order valence-electron chi connectivity index (χ4n) is 4.02. The zero-order chi connectivity index (χ0) is 23.0. The number of nitrogens with zero attached hydrogens (tertiary/aromatic N) is 3. The van der Waals surface area contributed by atoms with Crippen LogP contribution in [0.2, 0.25) is 0 Å². The molecule has 4 unspecified atom stereocenters. The van der Waals surface area contributed by atoms with E-state index in [9.17, 15) is 23.4 Å². The molecule has 7 nitrogen and oxygen atoms in total. The number of aliphatic hydroxyl groups is 2. The maximum atomic E-state index is 12.7. The predicted molar refractivity (Wildman–Crippen MR) is 118 cm³/mol. The summed E-state index contributed by atoms with van der Waals surface area (Å²) in [6, 6.07) is 7.08. The number of thiazole rings is 1. The fraction of sp³-hybridized carbons (Fsp3) is 0.476. The van der Waals surface area contributed by atoms with Crippen molar-refractivity contribution >= 4 is 33.3 Å². The van der Waals surface area contributed by atoms with Crippen molar-refractivity contribution < 1.29 is 23.4 Å². The average molecular weight is 468 g/mol. The molecule has 2 heterocycles. The van der Waals surface area contributed by atoms with Crippen LogP contribution in [0.3, 0.4) is 0 Å². The Hall–Kier alpha value is -2.50. The van der Waals surface area contributed by atoms with Crippen LogP contribution in [0, 0.1) is 12.8 Å². The molecule has 3 aromatic rings. The van der Waals surface area contributed by atoms with Crippen LogP contribution in [-0.4, -0.2) is 56.1 Å². The number of halogens is 3. The first-order valence-corrected chi connectivity index (χ1v) is 11.2. The lowest BCUT2D eigenvalue weighted by Gasteiger charge is -2.21. The third-order valence-corrected chi connectivity index (χ3v) is 6.75. The maximum absolute atomic E-state index is 12.7. The number of aliphatic hydroxyl groups excluding tert-OH is 2. The molecule has 0 radical (unpaired) electrons. The number of fused-ring (bicyclic) bond motifs is 1. The minimum atomic E-state index is -4.42. The number of alkyl halides is 3. The van der Waals surface area contributed by atoms with Crippen LogP contribution >= 0.6 is 11.3 Å². The molecular weight excluding hydrogens is 443 g/mol. The van der Waals surface area contributed by atoms with Gasteiger partial charge in [0.15, 0.2) is 0 Å². The quantitative estimate of drug-likeness (QED) is 0.435. The second-order valence-electron chi connectivity index (χ2n) is 7.95. The van der Waals surface area contributed by atoms with E-state index in [1.165, 1.54) is 11.3 Å². The summed E-state index contributed by atoms with van der Waals surface area (Å²) in [4.78, 5) is 13.2. The molecular formula is C21H24F3N5O2S. The van der Waals surface area contributed by atoms with Gasteiger partial charge >= 0.3 is 6.18 Å². The van der Waals surface area contributed by atoms with Gasteiger partial charge in [0, 0.05) is 0 Å². The van der Waals surface area contributed by atoms with Gasteiger partial charge in [0.25, 0.3) is 0 Å². The molecule has 1 saturated carbocycles. The van der Waals surface area contributed by atoms with Gasteiger partial charge in [0.2, 0.25) is 5.95 Å². The van der Waals surface area contributed by atoms with Gasteiger partial charge in [-0.2, -0.15) is 18.2 Å². The van der Waals surface area contributed by atoms with Crippen LogP contribution in [0.4, 0.5) is 24.9 Å². The first kappa shape index (κ1) is 22.7. The highest BCUT2D eigenvalue weighted by Crippen LogP contribution is 2.38. The number of hydrogen-bond donors (Lipinski definition) is 4. The lowest BCUT2D eigenvalue weighted by molar-refractivity contribution is -0.115. The van der Waals surface area contributed by atoms with E-state index in [0.717, 1.165) is 10.2 Å². The lowest BCUT2D eigenvalue weighted by Crippen LogP contribution is -2.35. The van der Waals surface area contributed by atoms with Gasteiger partial charge in [-0.05, 0) is 31.4 Å². The van der Waals surface area contributed by atoms with E-state index in [2.05, 4.69) is 25.6 Å². The summed E-state index contributed by atoms with van der Waals surface area (Å²) in [6.45, 7) is 2.35. The number of anilines is 2. The van der Waals surface area contributed by atoms with Crippen molar-refractivity contribution in [3.05, 3.63) is 30.0 Å². The Morgan fingerprint density at radius 1 is 1.12 bits per heavy atom. The zero-order valence-corrected chi connectivity index (χ0v) is 18.3. The largest absolute Gasteiger partial charge is 0.405 e. The predicted octanol–water partition coefficient (Wildman–Crippen LogP) is 3.97. The summed E-state index contributed by atoms with van der Waals surface area (Å²) in [6.07, 6.45) is -5.12. The van der Waals surface area contributed by atoms with Gasteiger partial charge in [-0.15, -0.1) is 11.3 Å². The first-order valence-electron chi connectivity index (χ1n) is 10.3. The Kier molecular flexibility index (Phi) is 6.24. The van der Waals surface area contributed by atoms with Crippen LogP contribution in [0.15, 0.2) is 24.3 Å². The molecule has 32 heavy (non-hydrogen) atoms. The van der Waals surface area contributed by atoms with E-state index in [1.807, 2.05) is 31.2 Å². The van der Waals surface area contributed by atoms with Crippen molar-refractivity contribution in [2.24, 2.45) is 5.92 Å². The van der Waals surface area contributed by atoms with Crippen LogP contribution < -0.4 is 10.6 Å². The smallest absolute Gasteiger partial charge is 0.390 e. The van der Waals surface area contributed by atoms with E-state index in [1.54, 1.807) is 6.92 Å². The number of hydrogen-bond acceptors (Lipinski definition) is 8. The molecule has 4 rings (SSSR count). The van der Waals surface area contributed by atoms with Gasteiger partial charge < -0.3 is 20.8 Å². The molecule has 172 valence electrons. The summed E-state index contributed by atoms with van der Waals surface area (Å²) in [5, 5.41) is 26.8. The molecule has 4 N–H and O–H groups in total. The van der Waals surface area contributed by atoms with Gasteiger partial charge in [0.05, 0.1) is 33.6 Å². The van der Waals surface area contributed by atoms with Crippen LogP contribution in [0.5, 0.6) is 0 Å². The Morgan fingerprint density at radius 3 is 2.53 bits per heavy atom. The van der Waals surface area contributed by atoms with Crippen LogP contribution in [0.1, 0.15) is 25.5 Å². The van der Waals surface area contributed by atoms with E-state index >= 15 is 0 Å². The average Bonchev–Trinajstić information content (AvgIpc) is 3.27. The maximum Gasteiger partial charge on any atom is 0.405 e. The van der Waals surface area contributed by atoms with Crippen molar-refractivity contribution in [3.8, 4) is 10.6 Å². The number of aryl methyl sites for hydroxylation is 1. The third kappa shape index (κ3) is 4.64. The molecule has 0 aliphatic heterocycles. The first-order chi connectivity index (χ1) is 15.2. The number of rotatable bonds is 6. The third-order valence-electron chi connectivity index (χ3n) is 5.69. The standard InChI is InChI=1S/C21H24F3N5O2S/c1-3-11-8-13(17(31)16(11)30)27-18-15(19-28-12-6-4-5-7-14(12)32-19)10(2)26-20(29-18)25-9-21(22,23)24/h4-7,11,13,16-17,30-31H,3,8-9H2,1-2H3,(H2,25,26,27,29). The highest BCUT2D eigenvalue weighted by Gasteiger charge is 2.41. The Morgan fingerprint density at radius 2 is 1.88 bits per heavy atom. The topological polar surface area (TPSA) is 103 Å². The summed E-state index contributed by atoms with van der Waals surface area (Å²) in [5.74, 6) is 0.0145. The Balaban J connectivity index is 1.74. The summed E-state index contributed by atoms with van der Waals surface area (Å²) in [5.41, 5.74) is 1.80. The second kappa shape index (κ2) is 8.80. The molecule has 1 aromatic carbocycles. The minimum Gasteiger partial charge on any atom is -0.390 e. The Bertz CT molecular complexity index is 1070. The molecule has 1 fully saturated rings. The summed E-state index contributed by atoms with van der Waals surface area (Å²) in [7, 11) is 0. The number of nitrogens with one attached hydrogen (secondary N) is 2. The van der Waals surface area contributed by atoms with E-state index in [-0.39, 0.29) is 17.7 Å². The number of aromatic nitrogens is 3. The van der Waals surface area contributed by atoms with Crippen LogP contribution in [-0.2, 0) is 0 Å². The lowest BCUT2D eigenvalue weighted by atomic mass is 10.0. The van der Waals surface area contributed by atoms with Gasteiger partial charge in [-0.3, -0.25) is 0 Å². The monoisotopic (exact) mass is 467 g/mol. The van der Waals surface area contributed by atoms with E-state index in [0.29, 0.717) is 29.1 Å². The minimum absolute atomic E-state index is 0.0841. The SMILES string of the molecule is CCC1CC(Nc2nc(NCC(F)(F)F)nc(C)c2-c2nc3ccccc3s2)C(O)C1O. The molecule has 1 aliphatic rings. The van der Waals surface area contributed by atoms with Crippen molar-refractivity contribution in [2.45, 2.75) is 51.1 Å². The zero-order valence-electron chi connectivity index (χ0n) is 17.5. The molecule has 0 saturated heterocycles.